The van der Waals surface area contributed by atoms with Gasteiger partial charge in [-0.3, -0.25) is 14.4 Å². The van der Waals surface area contributed by atoms with Crippen molar-refractivity contribution < 1.29 is 19.1 Å². The number of nitrogens with zero attached hydrogens (tertiary/aromatic N) is 1. The number of ketones is 1. The molecule has 7 heteroatoms. The number of hydrogen-bond acceptors (Lipinski definition) is 5. The van der Waals surface area contributed by atoms with Crippen LogP contribution >= 0.6 is 11.3 Å². The molecule has 2 aromatic carbocycles. The van der Waals surface area contributed by atoms with Gasteiger partial charge < -0.3 is 15.4 Å². The molecule has 2 amide bonds. The molecular weight excluding hydrogens is 472 g/mol. The molecule has 0 radical (unpaired) electrons. The molecule has 36 heavy (non-hydrogen) atoms. The maximum atomic E-state index is 14.3. The number of methoxy groups -OCH3 is 1. The predicted molar refractivity (Wildman–Crippen MR) is 142 cm³/mol. The number of amides is 2. The molecule has 1 aliphatic rings. The second-order valence-corrected chi connectivity index (χ2v) is 9.99. The number of Topliss-reactive ketones (excluding diaryl/α,β-unsaturated/α-hetero) is 1. The lowest BCUT2D eigenvalue weighted by atomic mass is 9.78. The van der Waals surface area contributed by atoms with Gasteiger partial charge in [0.2, 0.25) is 11.8 Å². The first-order valence-electron chi connectivity index (χ1n) is 11.8. The summed E-state index contributed by atoms with van der Waals surface area (Å²) < 4.78 is 5.15. The quantitative estimate of drug-likeness (QED) is 0.463. The van der Waals surface area contributed by atoms with Crippen LogP contribution in [0, 0.1) is 19.8 Å². The van der Waals surface area contributed by atoms with E-state index >= 15 is 0 Å². The highest BCUT2D eigenvalue weighted by Gasteiger charge is 2.56. The van der Waals surface area contributed by atoms with Crippen LogP contribution in [-0.4, -0.2) is 48.3 Å². The van der Waals surface area contributed by atoms with Crippen LogP contribution < -0.4 is 5.73 Å². The van der Waals surface area contributed by atoms with Crippen LogP contribution in [0.25, 0.3) is 6.08 Å². The highest BCUT2D eigenvalue weighted by atomic mass is 32.1. The van der Waals surface area contributed by atoms with Crippen molar-refractivity contribution in [2.45, 2.75) is 31.8 Å². The number of rotatable bonds is 8. The summed E-state index contributed by atoms with van der Waals surface area (Å²) in [6.07, 6.45) is 3.74. The third-order valence-corrected chi connectivity index (χ3v) is 7.89. The molecule has 4 unspecified atom stereocenters. The lowest BCUT2D eigenvalue weighted by Crippen LogP contribution is -2.49. The standard InChI is InChI=1S/C29H30N2O4S/c1-18-9-7-8-12-21(18)27(33)24-22(14-13-20-10-5-4-6-11-20)31(23(32)17-35-3)26(29(30)34)25(24)28-19(2)15-16-36-28/h4-16,22,24-26H,17H2,1-3H3,(H2,30,34). The number of hydrogen-bond donors (Lipinski definition) is 1. The monoisotopic (exact) mass is 502 g/mol. The maximum Gasteiger partial charge on any atom is 0.249 e. The molecule has 1 aliphatic heterocycles. The van der Waals surface area contributed by atoms with Gasteiger partial charge in [0.15, 0.2) is 5.78 Å². The van der Waals surface area contributed by atoms with E-state index in [0.717, 1.165) is 21.6 Å². The van der Waals surface area contributed by atoms with Crippen LogP contribution in [0.1, 0.15) is 37.8 Å². The van der Waals surface area contributed by atoms with Crippen LogP contribution in [0.15, 0.2) is 72.1 Å². The van der Waals surface area contributed by atoms with Gasteiger partial charge >= 0.3 is 0 Å². The number of thiophene rings is 1. The first kappa shape index (κ1) is 25.5. The fourth-order valence-electron chi connectivity index (χ4n) is 5.14. The molecular formula is C29H30N2O4S. The van der Waals surface area contributed by atoms with E-state index in [1.807, 2.05) is 86.0 Å². The molecule has 1 aromatic heterocycles. The average molecular weight is 503 g/mol. The first-order chi connectivity index (χ1) is 17.3. The van der Waals surface area contributed by atoms with Crippen LogP contribution in [0.2, 0.25) is 0 Å². The number of carbonyl (C=O) groups excluding carboxylic acids is 3. The minimum absolute atomic E-state index is 0.118. The Morgan fingerprint density at radius 3 is 2.31 bits per heavy atom. The second-order valence-electron chi connectivity index (χ2n) is 9.04. The smallest absolute Gasteiger partial charge is 0.249 e. The number of nitrogens with two attached hydrogens (primary N) is 1. The molecule has 0 aliphatic carbocycles. The summed E-state index contributed by atoms with van der Waals surface area (Å²) in [7, 11) is 1.43. The highest BCUT2D eigenvalue weighted by Crippen LogP contribution is 2.47. The molecule has 6 nitrogen and oxygen atoms in total. The number of primary amides is 1. The zero-order chi connectivity index (χ0) is 25.8. The zero-order valence-corrected chi connectivity index (χ0v) is 21.4. The Morgan fingerprint density at radius 2 is 1.69 bits per heavy atom. The van der Waals surface area contributed by atoms with Crippen molar-refractivity contribution in [1.82, 2.24) is 4.90 Å². The normalized spacial score (nSPS) is 21.7. The van der Waals surface area contributed by atoms with Crippen molar-refractivity contribution in [2.75, 3.05) is 13.7 Å². The zero-order valence-electron chi connectivity index (χ0n) is 20.6. The molecule has 3 aromatic rings. The van der Waals surface area contributed by atoms with Crippen molar-refractivity contribution >= 4 is 35.0 Å². The Labute approximate surface area is 215 Å². The van der Waals surface area contributed by atoms with Gasteiger partial charge in [-0.15, -0.1) is 11.3 Å². The summed E-state index contributed by atoms with van der Waals surface area (Å²) in [5.41, 5.74) is 9.26. The van der Waals surface area contributed by atoms with E-state index in [1.165, 1.54) is 23.3 Å². The Balaban J connectivity index is 1.93. The molecule has 4 atom stereocenters. The molecule has 2 heterocycles. The largest absolute Gasteiger partial charge is 0.375 e. The number of carbonyl (C=O) groups is 3. The van der Waals surface area contributed by atoms with Gasteiger partial charge in [0.1, 0.15) is 12.6 Å². The number of aryl methyl sites for hydroxylation is 2. The molecule has 0 saturated carbocycles. The molecule has 1 saturated heterocycles. The summed E-state index contributed by atoms with van der Waals surface area (Å²) in [6.45, 7) is 3.62. The third kappa shape index (κ3) is 4.90. The minimum Gasteiger partial charge on any atom is -0.375 e. The van der Waals surface area contributed by atoms with Crippen LogP contribution in [-0.2, 0) is 14.3 Å². The molecule has 0 spiro atoms. The van der Waals surface area contributed by atoms with Crippen molar-refractivity contribution in [1.29, 1.82) is 0 Å². The summed E-state index contributed by atoms with van der Waals surface area (Å²) in [4.78, 5) is 43.0. The molecule has 1 fully saturated rings. The van der Waals surface area contributed by atoms with Crippen molar-refractivity contribution in [3.8, 4) is 0 Å². The molecule has 2 N–H and O–H groups in total. The van der Waals surface area contributed by atoms with Crippen LogP contribution in [0.3, 0.4) is 0 Å². The maximum absolute atomic E-state index is 14.3. The Morgan fingerprint density at radius 1 is 1.00 bits per heavy atom. The van der Waals surface area contributed by atoms with Crippen LogP contribution in [0.4, 0.5) is 0 Å². The van der Waals surface area contributed by atoms with Gasteiger partial charge in [-0.25, -0.2) is 0 Å². The number of ether oxygens (including phenoxy) is 1. The lowest BCUT2D eigenvalue weighted by Gasteiger charge is -2.28. The van der Waals surface area contributed by atoms with Gasteiger partial charge in [0.05, 0.1) is 12.0 Å². The van der Waals surface area contributed by atoms with Crippen LogP contribution in [0.5, 0.6) is 0 Å². The Bertz CT molecular complexity index is 1280. The Kier molecular flexibility index (Phi) is 7.82. The SMILES string of the molecule is COCC(=O)N1C(C=Cc2ccccc2)C(C(=O)c2ccccc2C)C(c2sccc2C)C1C(N)=O. The average Bonchev–Trinajstić information content (AvgIpc) is 3.44. The van der Waals surface area contributed by atoms with Gasteiger partial charge in [0, 0.05) is 23.5 Å². The fourth-order valence-corrected chi connectivity index (χ4v) is 6.24. The molecule has 4 rings (SSSR count). The van der Waals surface area contributed by atoms with E-state index in [2.05, 4.69) is 0 Å². The van der Waals surface area contributed by atoms with Crippen molar-refractivity contribution in [3.63, 3.8) is 0 Å². The molecule has 186 valence electrons. The fraction of sp³-hybridized carbons (Fsp3) is 0.276. The summed E-state index contributed by atoms with van der Waals surface area (Å²) in [6, 6.07) is 17.3. The molecule has 0 bridgehead atoms. The van der Waals surface area contributed by atoms with E-state index in [4.69, 9.17) is 10.5 Å². The highest BCUT2D eigenvalue weighted by molar-refractivity contribution is 7.10. The Hall–Kier alpha value is -3.55. The summed E-state index contributed by atoms with van der Waals surface area (Å²) in [5.74, 6) is -2.44. The lowest BCUT2D eigenvalue weighted by molar-refractivity contribution is -0.141. The predicted octanol–water partition coefficient (Wildman–Crippen LogP) is 4.37. The van der Waals surface area contributed by atoms with E-state index in [1.54, 1.807) is 6.07 Å². The van der Waals surface area contributed by atoms with Gasteiger partial charge in [0.25, 0.3) is 0 Å². The van der Waals surface area contributed by atoms with E-state index in [0.29, 0.717) is 5.56 Å². The third-order valence-electron chi connectivity index (χ3n) is 6.77. The topological polar surface area (TPSA) is 89.7 Å². The summed E-state index contributed by atoms with van der Waals surface area (Å²) >= 11 is 1.48. The summed E-state index contributed by atoms with van der Waals surface area (Å²) in [5, 5.41) is 1.94. The van der Waals surface area contributed by atoms with E-state index < -0.39 is 29.8 Å². The van der Waals surface area contributed by atoms with Crippen molar-refractivity contribution in [2.24, 2.45) is 11.7 Å². The number of benzene rings is 2. The second kappa shape index (κ2) is 11.0. The first-order valence-corrected chi connectivity index (χ1v) is 12.7. The van der Waals surface area contributed by atoms with Gasteiger partial charge in [-0.2, -0.15) is 0 Å². The van der Waals surface area contributed by atoms with Gasteiger partial charge in [-0.05, 0) is 42.0 Å². The van der Waals surface area contributed by atoms with E-state index in [-0.39, 0.29) is 18.3 Å². The van der Waals surface area contributed by atoms with Gasteiger partial charge in [-0.1, -0.05) is 66.7 Å². The minimum atomic E-state index is -0.992. The van der Waals surface area contributed by atoms with Crippen molar-refractivity contribution in [3.05, 3.63) is 99.3 Å². The number of likely N-dealkylation sites (tertiary alicyclic amines) is 1. The van der Waals surface area contributed by atoms with E-state index in [9.17, 15) is 14.4 Å².